The first-order chi connectivity index (χ1) is 8.00. The number of carbonyl (C=O) groups is 2. The molecular formula is C12H21N3O2. The first kappa shape index (κ1) is 12.4. The average Bonchev–Trinajstić information content (AvgIpc) is 2.97. The lowest BCUT2D eigenvalue weighted by Crippen LogP contribution is -2.51. The summed E-state index contributed by atoms with van der Waals surface area (Å²) in [5.41, 5.74) is 5.39. The number of rotatable bonds is 5. The number of likely N-dealkylation sites (tertiary alicyclic amines) is 1. The summed E-state index contributed by atoms with van der Waals surface area (Å²) in [6.45, 7) is 4.48. The van der Waals surface area contributed by atoms with Crippen LogP contribution in [0.25, 0.3) is 0 Å². The van der Waals surface area contributed by atoms with Crippen LogP contribution >= 0.6 is 0 Å². The number of hydrogen-bond acceptors (Lipinski definition) is 3. The van der Waals surface area contributed by atoms with E-state index in [1.807, 2.05) is 13.8 Å². The summed E-state index contributed by atoms with van der Waals surface area (Å²) in [6.07, 6.45) is 3.10. The molecule has 1 heterocycles. The smallest absolute Gasteiger partial charge is 0.240 e. The Bertz CT molecular complexity index is 326. The van der Waals surface area contributed by atoms with Crippen molar-refractivity contribution in [2.24, 2.45) is 11.7 Å². The highest BCUT2D eigenvalue weighted by Crippen LogP contribution is 2.24. The molecule has 2 amide bonds. The molecule has 0 radical (unpaired) electrons. The Morgan fingerprint density at radius 3 is 2.53 bits per heavy atom. The third kappa shape index (κ3) is 2.60. The van der Waals surface area contributed by atoms with Crippen LogP contribution in [0.5, 0.6) is 0 Å². The lowest BCUT2D eigenvalue weighted by molar-refractivity contribution is -0.138. The molecule has 2 atom stereocenters. The second-order valence-electron chi connectivity index (χ2n) is 5.41. The highest BCUT2D eigenvalue weighted by molar-refractivity contribution is 5.90. The van der Waals surface area contributed by atoms with Gasteiger partial charge in [-0.15, -0.1) is 0 Å². The van der Waals surface area contributed by atoms with Crippen LogP contribution in [0.2, 0.25) is 0 Å². The topological polar surface area (TPSA) is 75.4 Å². The lowest BCUT2D eigenvalue weighted by Gasteiger charge is -2.28. The van der Waals surface area contributed by atoms with E-state index in [0.29, 0.717) is 12.6 Å². The molecule has 96 valence electrons. The van der Waals surface area contributed by atoms with Crippen LogP contribution in [-0.2, 0) is 9.59 Å². The molecule has 1 saturated heterocycles. The Labute approximate surface area is 102 Å². The van der Waals surface area contributed by atoms with Crippen LogP contribution in [0, 0.1) is 5.92 Å². The molecule has 0 aromatic heterocycles. The standard InChI is InChI=1S/C12H21N3O2/c1-7(2)10(11(13)16)15-6-5-9(12(15)17)14-8-3-4-8/h7-10,14H,3-6H2,1-2H3,(H2,13,16). The van der Waals surface area contributed by atoms with Crippen LogP contribution in [-0.4, -0.2) is 41.4 Å². The van der Waals surface area contributed by atoms with Gasteiger partial charge in [-0.2, -0.15) is 0 Å². The quantitative estimate of drug-likeness (QED) is 0.700. The molecule has 0 aromatic carbocycles. The van der Waals surface area contributed by atoms with Crippen LogP contribution in [0.1, 0.15) is 33.1 Å². The third-order valence-electron chi connectivity index (χ3n) is 3.51. The van der Waals surface area contributed by atoms with E-state index in [9.17, 15) is 9.59 Å². The number of primary amides is 1. The minimum Gasteiger partial charge on any atom is -0.368 e. The van der Waals surface area contributed by atoms with E-state index in [1.54, 1.807) is 4.90 Å². The van der Waals surface area contributed by atoms with Crippen LogP contribution < -0.4 is 11.1 Å². The van der Waals surface area contributed by atoms with Gasteiger partial charge < -0.3 is 16.0 Å². The van der Waals surface area contributed by atoms with Crippen molar-refractivity contribution < 1.29 is 9.59 Å². The van der Waals surface area contributed by atoms with Crippen molar-refractivity contribution in [2.45, 2.75) is 51.2 Å². The van der Waals surface area contributed by atoms with Gasteiger partial charge in [-0.25, -0.2) is 0 Å². The second-order valence-corrected chi connectivity index (χ2v) is 5.41. The number of nitrogens with zero attached hydrogens (tertiary/aromatic N) is 1. The summed E-state index contributed by atoms with van der Waals surface area (Å²) in [5.74, 6) is -0.300. The van der Waals surface area contributed by atoms with Gasteiger partial charge in [0, 0.05) is 12.6 Å². The summed E-state index contributed by atoms with van der Waals surface area (Å²) in [6, 6.07) is -0.0634. The summed E-state index contributed by atoms with van der Waals surface area (Å²) in [7, 11) is 0. The van der Waals surface area contributed by atoms with E-state index >= 15 is 0 Å². The van der Waals surface area contributed by atoms with Gasteiger partial charge in [-0.3, -0.25) is 9.59 Å². The zero-order valence-corrected chi connectivity index (χ0v) is 10.5. The Balaban J connectivity index is 2.01. The maximum Gasteiger partial charge on any atom is 0.240 e. The van der Waals surface area contributed by atoms with Crippen LogP contribution in [0.4, 0.5) is 0 Å². The Morgan fingerprint density at radius 2 is 2.06 bits per heavy atom. The van der Waals surface area contributed by atoms with Gasteiger partial charge in [0.15, 0.2) is 0 Å². The van der Waals surface area contributed by atoms with Gasteiger partial charge in [-0.1, -0.05) is 13.8 Å². The molecule has 2 unspecified atom stereocenters. The molecule has 0 aromatic rings. The van der Waals surface area contributed by atoms with E-state index in [2.05, 4.69) is 5.32 Å². The SMILES string of the molecule is CC(C)C(C(N)=O)N1CCC(NC2CC2)C1=O. The molecule has 3 N–H and O–H groups in total. The predicted octanol–water partition coefficient (Wildman–Crippen LogP) is -0.151. The Morgan fingerprint density at radius 1 is 1.41 bits per heavy atom. The zero-order chi connectivity index (χ0) is 12.6. The molecule has 1 aliphatic heterocycles. The molecular weight excluding hydrogens is 218 g/mol. The van der Waals surface area contributed by atoms with E-state index in [4.69, 9.17) is 5.73 Å². The first-order valence-corrected chi connectivity index (χ1v) is 6.36. The maximum atomic E-state index is 12.2. The molecule has 17 heavy (non-hydrogen) atoms. The molecule has 1 saturated carbocycles. The van der Waals surface area contributed by atoms with E-state index in [1.165, 1.54) is 0 Å². The highest BCUT2D eigenvalue weighted by Gasteiger charge is 2.41. The minimum atomic E-state index is -0.464. The lowest BCUT2D eigenvalue weighted by atomic mass is 10.0. The van der Waals surface area contributed by atoms with Crippen LogP contribution in [0.3, 0.4) is 0 Å². The fraction of sp³-hybridized carbons (Fsp3) is 0.833. The van der Waals surface area contributed by atoms with Crippen molar-refractivity contribution in [2.75, 3.05) is 6.54 Å². The number of amides is 2. The van der Waals surface area contributed by atoms with Crippen molar-refractivity contribution in [1.29, 1.82) is 0 Å². The van der Waals surface area contributed by atoms with Gasteiger partial charge >= 0.3 is 0 Å². The summed E-state index contributed by atoms with van der Waals surface area (Å²) < 4.78 is 0. The highest BCUT2D eigenvalue weighted by atomic mass is 16.2. The van der Waals surface area contributed by atoms with Gasteiger partial charge in [0.1, 0.15) is 6.04 Å². The van der Waals surface area contributed by atoms with E-state index in [-0.39, 0.29) is 17.9 Å². The van der Waals surface area contributed by atoms with Crippen LogP contribution in [0.15, 0.2) is 0 Å². The average molecular weight is 239 g/mol. The third-order valence-corrected chi connectivity index (χ3v) is 3.51. The van der Waals surface area contributed by atoms with Gasteiger partial charge in [0.05, 0.1) is 6.04 Å². The van der Waals surface area contributed by atoms with Gasteiger partial charge in [0.25, 0.3) is 0 Å². The summed E-state index contributed by atoms with van der Waals surface area (Å²) >= 11 is 0. The zero-order valence-electron chi connectivity index (χ0n) is 10.5. The largest absolute Gasteiger partial charge is 0.368 e. The first-order valence-electron chi connectivity index (χ1n) is 6.36. The predicted molar refractivity (Wildman–Crippen MR) is 64.1 cm³/mol. The van der Waals surface area contributed by atoms with Crippen molar-refractivity contribution in [3.05, 3.63) is 0 Å². The maximum absolute atomic E-state index is 12.2. The fourth-order valence-corrected chi connectivity index (χ4v) is 2.51. The van der Waals surface area contributed by atoms with Gasteiger partial charge in [0.2, 0.25) is 11.8 Å². The summed E-state index contributed by atoms with van der Waals surface area (Å²) in [4.78, 5) is 25.2. The van der Waals surface area contributed by atoms with Crippen molar-refractivity contribution in [3.8, 4) is 0 Å². The van der Waals surface area contributed by atoms with Gasteiger partial charge in [-0.05, 0) is 25.2 Å². The Kier molecular flexibility index (Phi) is 3.38. The molecule has 0 bridgehead atoms. The molecule has 2 rings (SSSR count). The summed E-state index contributed by atoms with van der Waals surface area (Å²) in [5, 5.41) is 3.32. The van der Waals surface area contributed by atoms with Crippen molar-refractivity contribution in [3.63, 3.8) is 0 Å². The van der Waals surface area contributed by atoms with E-state index in [0.717, 1.165) is 19.3 Å². The molecule has 5 heteroatoms. The number of nitrogens with two attached hydrogens (primary N) is 1. The normalized spacial score (nSPS) is 26.6. The molecule has 2 fully saturated rings. The number of hydrogen-bond donors (Lipinski definition) is 2. The second kappa shape index (κ2) is 4.64. The van der Waals surface area contributed by atoms with E-state index < -0.39 is 11.9 Å². The van der Waals surface area contributed by atoms with Crippen molar-refractivity contribution in [1.82, 2.24) is 10.2 Å². The Hall–Kier alpha value is -1.10. The molecule has 2 aliphatic rings. The number of nitrogens with one attached hydrogen (secondary N) is 1. The molecule has 1 aliphatic carbocycles. The molecule has 0 spiro atoms. The fourth-order valence-electron chi connectivity index (χ4n) is 2.51. The minimum absolute atomic E-state index is 0.0365. The van der Waals surface area contributed by atoms with Crippen molar-refractivity contribution >= 4 is 11.8 Å². The molecule has 5 nitrogen and oxygen atoms in total. The number of carbonyl (C=O) groups excluding carboxylic acids is 2. The monoisotopic (exact) mass is 239 g/mol.